The van der Waals surface area contributed by atoms with Gasteiger partial charge in [0.15, 0.2) is 0 Å². The van der Waals surface area contributed by atoms with Crippen molar-refractivity contribution in [2.24, 2.45) is 5.73 Å². The molecule has 1 atom stereocenters. The number of aliphatic hydroxyl groups is 1. The Labute approximate surface area is 98.0 Å². The van der Waals surface area contributed by atoms with E-state index >= 15 is 0 Å². The Morgan fingerprint density at radius 1 is 1.47 bits per heavy atom. The average molecular weight is 235 g/mol. The summed E-state index contributed by atoms with van der Waals surface area (Å²) in [7, 11) is 1.56. The van der Waals surface area contributed by atoms with Gasteiger partial charge in [-0.25, -0.2) is 0 Å². The molecule has 3 N–H and O–H groups in total. The molecule has 6 heteroatoms. The Bertz CT molecular complexity index is 498. The van der Waals surface area contributed by atoms with Crippen LogP contribution >= 0.6 is 0 Å². The van der Waals surface area contributed by atoms with Gasteiger partial charge in [0.25, 0.3) is 5.89 Å². The van der Waals surface area contributed by atoms with E-state index in [-0.39, 0.29) is 12.4 Å². The molecular weight excluding hydrogens is 222 g/mol. The summed E-state index contributed by atoms with van der Waals surface area (Å²) in [6.45, 7) is 0.0353. The number of aliphatic hydroxyl groups excluding tert-OH is 1. The summed E-state index contributed by atoms with van der Waals surface area (Å²) in [6, 6.07) is 7.29. The molecule has 2 aromatic rings. The van der Waals surface area contributed by atoms with Crippen LogP contribution in [0.5, 0.6) is 5.75 Å². The molecule has 0 aliphatic carbocycles. The molecule has 0 spiro atoms. The fraction of sp³-hybridized carbons (Fsp3) is 0.273. The van der Waals surface area contributed by atoms with E-state index in [4.69, 9.17) is 15.0 Å². The molecule has 90 valence electrons. The molecule has 0 saturated carbocycles. The topological polar surface area (TPSA) is 94.4 Å². The van der Waals surface area contributed by atoms with Crippen molar-refractivity contribution in [3.05, 3.63) is 30.2 Å². The molecule has 0 radical (unpaired) electrons. The van der Waals surface area contributed by atoms with Crippen molar-refractivity contribution in [2.75, 3.05) is 13.7 Å². The van der Waals surface area contributed by atoms with Gasteiger partial charge in [0, 0.05) is 6.54 Å². The fourth-order valence-electron chi connectivity index (χ4n) is 1.41. The number of benzene rings is 1. The summed E-state index contributed by atoms with van der Waals surface area (Å²) in [6.07, 6.45) is -0.939. The molecule has 0 fully saturated rings. The van der Waals surface area contributed by atoms with Gasteiger partial charge in [0.05, 0.1) is 12.7 Å². The number of aromatic nitrogens is 2. The molecule has 0 amide bonds. The van der Waals surface area contributed by atoms with Gasteiger partial charge in [-0.15, -0.1) is 0 Å². The fourth-order valence-corrected chi connectivity index (χ4v) is 1.41. The van der Waals surface area contributed by atoms with E-state index in [9.17, 15) is 5.11 Å². The SMILES string of the molecule is COc1ccccc1-c1noc([C@@H](O)CN)n1. The number of nitrogens with zero attached hydrogens (tertiary/aromatic N) is 2. The Kier molecular flexibility index (Phi) is 3.36. The van der Waals surface area contributed by atoms with E-state index < -0.39 is 6.10 Å². The number of nitrogens with two attached hydrogens (primary N) is 1. The van der Waals surface area contributed by atoms with E-state index in [0.29, 0.717) is 17.1 Å². The third kappa shape index (κ3) is 2.27. The van der Waals surface area contributed by atoms with Gasteiger partial charge in [-0.1, -0.05) is 17.3 Å². The lowest BCUT2D eigenvalue weighted by Gasteiger charge is -2.03. The van der Waals surface area contributed by atoms with Crippen molar-refractivity contribution in [1.82, 2.24) is 10.1 Å². The predicted molar refractivity (Wildman–Crippen MR) is 60.3 cm³/mol. The second-order valence-corrected chi connectivity index (χ2v) is 3.41. The largest absolute Gasteiger partial charge is 0.496 e. The Morgan fingerprint density at radius 3 is 2.94 bits per heavy atom. The minimum atomic E-state index is -0.939. The highest BCUT2D eigenvalue weighted by Gasteiger charge is 2.17. The number of methoxy groups -OCH3 is 1. The number of ether oxygens (including phenoxy) is 1. The van der Waals surface area contributed by atoms with Crippen LogP contribution in [0.25, 0.3) is 11.4 Å². The highest BCUT2D eigenvalue weighted by molar-refractivity contribution is 5.63. The lowest BCUT2D eigenvalue weighted by atomic mass is 10.2. The van der Waals surface area contributed by atoms with E-state index in [0.717, 1.165) is 0 Å². The van der Waals surface area contributed by atoms with Gasteiger partial charge in [-0.2, -0.15) is 4.98 Å². The minimum absolute atomic E-state index is 0.0353. The van der Waals surface area contributed by atoms with Crippen molar-refractivity contribution in [3.8, 4) is 17.1 Å². The van der Waals surface area contributed by atoms with Crippen LogP contribution in [-0.4, -0.2) is 28.9 Å². The number of hydrogen-bond acceptors (Lipinski definition) is 6. The zero-order valence-corrected chi connectivity index (χ0v) is 9.33. The zero-order chi connectivity index (χ0) is 12.3. The smallest absolute Gasteiger partial charge is 0.257 e. The predicted octanol–water partition coefficient (Wildman–Crippen LogP) is 0.737. The molecule has 0 saturated heterocycles. The molecule has 1 heterocycles. The summed E-state index contributed by atoms with van der Waals surface area (Å²) < 4.78 is 10.1. The standard InChI is InChI=1S/C11H13N3O3/c1-16-9-5-3-2-4-7(9)10-13-11(17-14-10)8(15)6-12/h2-5,8,15H,6,12H2,1H3/t8-/m0/s1. The van der Waals surface area contributed by atoms with E-state index in [1.165, 1.54) is 0 Å². The highest BCUT2D eigenvalue weighted by atomic mass is 16.5. The highest BCUT2D eigenvalue weighted by Crippen LogP contribution is 2.27. The average Bonchev–Trinajstić information content (AvgIpc) is 2.87. The molecule has 0 unspecified atom stereocenters. The molecule has 1 aromatic carbocycles. The quantitative estimate of drug-likeness (QED) is 0.811. The van der Waals surface area contributed by atoms with Crippen molar-refractivity contribution >= 4 is 0 Å². The normalized spacial score (nSPS) is 12.4. The van der Waals surface area contributed by atoms with Crippen LogP contribution in [0.2, 0.25) is 0 Å². The molecule has 0 aliphatic rings. The minimum Gasteiger partial charge on any atom is -0.496 e. The van der Waals surface area contributed by atoms with Gasteiger partial charge in [-0.3, -0.25) is 0 Å². The summed E-state index contributed by atoms with van der Waals surface area (Å²) in [5.74, 6) is 1.11. The number of rotatable bonds is 4. The first-order valence-corrected chi connectivity index (χ1v) is 5.11. The number of para-hydroxylation sites is 1. The van der Waals surface area contributed by atoms with E-state index in [1.807, 2.05) is 18.2 Å². The molecular formula is C11H13N3O3. The van der Waals surface area contributed by atoms with Crippen molar-refractivity contribution in [2.45, 2.75) is 6.10 Å². The maximum Gasteiger partial charge on any atom is 0.257 e. The van der Waals surface area contributed by atoms with Crippen molar-refractivity contribution in [1.29, 1.82) is 0 Å². The summed E-state index contributed by atoms with van der Waals surface area (Å²) in [5, 5.41) is 13.2. The molecule has 17 heavy (non-hydrogen) atoms. The number of hydrogen-bond donors (Lipinski definition) is 2. The maximum atomic E-state index is 9.46. The summed E-state index contributed by atoms with van der Waals surface area (Å²) in [4.78, 5) is 4.07. The Balaban J connectivity index is 2.37. The molecule has 6 nitrogen and oxygen atoms in total. The third-order valence-corrected chi connectivity index (χ3v) is 2.30. The lowest BCUT2D eigenvalue weighted by molar-refractivity contribution is 0.141. The van der Waals surface area contributed by atoms with Crippen LogP contribution < -0.4 is 10.5 Å². The molecule has 0 aliphatic heterocycles. The second kappa shape index (κ2) is 4.94. The molecule has 2 rings (SSSR count). The third-order valence-electron chi connectivity index (χ3n) is 2.30. The van der Waals surface area contributed by atoms with Gasteiger partial charge in [0.1, 0.15) is 11.9 Å². The maximum absolute atomic E-state index is 9.46. The molecule has 0 bridgehead atoms. The van der Waals surface area contributed by atoms with Crippen LogP contribution in [0.3, 0.4) is 0 Å². The van der Waals surface area contributed by atoms with Crippen molar-refractivity contribution in [3.63, 3.8) is 0 Å². The monoisotopic (exact) mass is 235 g/mol. The van der Waals surface area contributed by atoms with Crippen LogP contribution in [0.4, 0.5) is 0 Å². The van der Waals surface area contributed by atoms with Crippen LogP contribution in [-0.2, 0) is 0 Å². The van der Waals surface area contributed by atoms with Crippen LogP contribution in [0.1, 0.15) is 12.0 Å². The van der Waals surface area contributed by atoms with Crippen LogP contribution in [0.15, 0.2) is 28.8 Å². The van der Waals surface area contributed by atoms with Crippen LogP contribution in [0, 0.1) is 0 Å². The second-order valence-electron chi connectivity index (χ2n) is 3.41. The lowest BCUT2D eigenvalue weighted by Crippen LogP contribution is -2.11. The summed E-state index contributed by atoms with van der Waals surface area (Å²) in [5.41, 5.74) is 6.01. The first-order valence-electron chi connectivity index (χ1n) is 5.11. The van der Waals surface area contributed by atoms with Gasteiger partial charge >= 0.3 is 0 Å². The summed E-state index contributed by atoms with van der Waals surface area (Å²) >= 11 is 0. The Hall–Kier alpha value is -1.92. The first-order chi connectivity index (χ1) is 8.26. The van der Waals surface area contributed by atoms with E-state index in [2.05, 4.69) is 10.1 Å². The van der Waals surface area contributed by atoms with Gasteiger partial charge < -0.3 is 20.1 Å². The van der Waals surface area contributed by atoms with Crippen molar-refractivity contribution < 1.29 is 14.4 Å². The van der Waals surface area contributed by atoms with E-state index in [1.54, 1.807) is 13.2 Å². The van der Waals surface area contributed by atoms with Gasteiger partial charge in [-0.05, 0) is 12.1 Å². The van der Waals surface area contributed by atoms with Gasteiger partial charge in [0.2, 0.25) is 5.82 Å². The Morgan fingerprint density at radius 2 is 2.24 bits per heavy atom. The first kappa shape index (κ1) is 11.6. The zero-order valence-electron chi connectivity index (χ0n) is 9.33. The molecule has 1 aromatic heterocycles.